The number of benzene rings is 1. The molecule has 1 unspecified atom stereocenters. The number of carbonyl (C=O) groups is 2. The molecule has 98 valence electrons. The number of nitrogens with one attached hydrogen (secondary N) is 2. The van der Waals surface area contributed by atoms with Crippen LogP contribution in [0.1, 0.15) is 45.2 Å². The summed E-state index contributed by atoms with van der Waals surface area (Å²) in [4.78, 5) is 22.5. The molecule has 0 saturated heterocycles. The van der Waals surface area contributed by atoms with E-state index in [1.54, 1.807) is 0 Å². The van der Waals surface area contributed by atoms with E-state index in [0.29, 0.717) is 6.42 Å². The van der Waals surface area contributed by atoms with E-state index in [1.165, 1.54) is 6.92 Å². The topological polar surface area (TPSA) is 58.2 Å². The summed E-state index contributed by atoms with van der Waals surface area (Å²) in [6.45, 7) is 5.38. The lowest BCUT2D eigenvalue weighted by Gasteiger charge is -2.15. The van der Waals surface area contributed by atoms with Crippen LogP contribution in [0.5, 0.6) is 0 Å². The van der Waals surface area contributed by atoms with Gasteiger partial charge in [-0.3, -0.25) is 9.59 Å². The molecule has 18 heavy (non-hydrogen) atoms. The number of carbonyl (C=O) groups excluding carboxylic acids is 2. The van der Waals surface area contributed by atoms with Crippen LogP contribution in [0.2, 0.25) is 0 Å². The van der Waals surface area contributed by atoms with Gasteiger partial charge in [-0.25, -0.2) is 0 Å². The quantitative estimate of drug-likeness (QED) is 0.841. The molecule has 4 heteroatoms. The molecule has 2 amide bonds. The van der Waals surface area contributed by atoms with Gasteiger partial charge < -0.3 is 10.6 Å². The minimum Gasteiger partial charge on any atom is -0.350 e. The number of hydrogen-bond acceptors (Lipinski definition) is 2. The fourth-order valence-corrected chi connectivity index (χ4v) is 1.71. The molecule has 1 rings (SSSR count). The van der Waals surface area contributed by atoms with Crippen molar-refractivity contribution in [3.8, 4) is 0 Å². The van der Waals surface area contributed by atoms with Gasteiger partial charge in [0, 0.05) is 19.0 Å². The molecule has 1 aromatic rings. The predicted molar refractivity (Wildman–Crippen MR) is 72.2 cm³/mol. The Kier molecular flexibility index (Phi) is 5.36. The van der Waals surface area contributed by atoms with Gasteiger partial charge >= 0.3 is 0 Å². The van der Waals surface area contributed by atoms with Crippen LogP contribution in [-0.2, 0) is 9.59 Å². The predicted octanol–water partition coefficient (Wildman–Crippen LogP) is 2.62. The van der Waals surface area contributed by atoms with Crippen LogP contribution in [0.3, 0.4) is 0 Å². The van der Waals surface area contributed by atoms with Crippen LogP contribution in [0.25, 0.3) is 0 Å². The summed E-state index contributed by atoms with van der Waals surface area (Å²) < 4.78 is 0. The molecular weight excluding hydrogens is 228 g/mol. The standard InChI is InChI=1S/C14H20N2O2/c1-4-6-14(18)15-10(2)12-7-5-8-13(9-12)16-11(3)17/h5,7-10H,4,6H2,1-3H3,(H,15,18)(H,16,17). The van der Waals surface area contributed by atoms with Crippen LogP contribution in [0.4, 0.5) is 5.69 Å². The minimum absolute atomic E-state index is 0.0509. The lowest BCUT2D eigenvalue weighted by Crippen LogP contribution is -2.26. The first kappa shape index (κ1) is 14.2. The molecule has 1 aromatic carbocycles. The van der Waals surface area contributed by atoms with Crippen LogP contribution >= 0.6 is 0 Å². The summed E-state index contributed by atoms with van der Waals surface area (Å²) >= 11 is 0. The van der Waals surface area contributed by atoms with Gasteiger partial charge in [-0.1, -0.05) is 19.1 Å². The van der Waals surface area contributed by atoms with Gasteiger partial charge in [-0.05, 0) is 31.0 Å². The summed E-state index contributed by atoms with van der Waals surface area (Å²) in [7, 11) is 0. The lowest BCUT2D eigenvalue weighted by molar-refractivity contribution is -0.121. The highest BCUT2D eigenvalue weighted by molar-refractivity contribution is 5.88. The molecular formula is C14H20N2O2. The molecule has 4 nitrogen and oxygen atoms in total. The fraction of sp³-hybridized carbons (Fsp3) is 0.429. The third-order valence-corrected chi connectivity index (χ3v) is 2.56. The molecule has 0 heterocycles. The normalized spacial score (nSPS) is 11.7. The second-order valence-electron chi connectivity index (χ2n) is 4.35. The van der Waals surface area contributed by atoms with E-state index in [0.717, 1.165) is 17.7 Å². The van der Waals surface area contributed by atoms with E-state index in [9.17, 15) is 9.59 Å². The first-order valence-electron chi connectivity index (χ1n) is 6.19. The molecule has 0 aliphatic carbocycles. The zero-order valence-corrected chi connectivity index (χ0v) is 11.1. The Morgan fingerprint density at radius 1 is 1.33 bits per heavy atom. The average molecular weight is 248 g/mol. The van der Waals surface area contributed by atoms with E-state index in [2.05, 4.69) is 10.6 Å². The maximum Gasteiger partial charge on any atom is 0.221 e. The Morgan fingerprint density at radius 2 is 2.06 bits per heavy atom. The highest BCUT2D eigenvalue weighted by Gasteiger charge is 2.09. The molecule has 0 aliphatic rings. The second kappa shape index (κ2) is 6.79. The van der Waals surface area contributed by atoms with Crippen molar-refractivity contribution in [3.05, 3.63) is 29.8 Å². The van der Waals surface area contributed by atoms with Gasteiger partial charge in [-0.15, -0.1) is 0 Å². The number of anilines is 1. The SMILES string of the molecule is CCCC(=O)NC(C)c1cccc(NC(C)=O)c1. The van der Waals surface area contributed by atoms with E-state index in [1.807, 2.05) is 38.1 Å². The average Bonchev–Trinajstić information content (AvgIpc) is 2.28. The Morgan fingerprint density at radius 3 is 2.67 bits per heavy atom. The summed E-state index contributed by atoms with van der Waals surface area (Å²) in [5.74, 6) is -0.0512. The van der Waals surface area contributed by atoms with Crippen molar-refractivity contribution < 1.29 is 9.59 Å². The molecule has 0 fully saturated rings. The van der Waals surface area contributed by atoms with Crippen molar-refractivity contribution in [1.29, 1.82) is 0 Å². The fourth-order valence-electron chi connectivity index (χ4n) is 1.71. The van der Waals surface area contributed by atoms with E-state index in [-0.39, 0.29) is 17.9 Å². The van der Waals surface area contributed by atoms with Gasteiger partial charge in [-0.2, -0.15) is 0 Å². The van der Waals surface area contributed by atoms with Crippen molar-refractivity contribution >= 4 is 17.5 Å². The van der Waals surface area contributed by atoms with E-state index in [4.69, 9.17) is 0 Å². The van der Waals surface area contributed by atoms with Crippen LogP contribution in [0, 0.1) is 0 Å². The second-order valence-corrected chi connectivity index (χ2v) is 4.35. The largest absolute Gasteiger partial charge is 0.350 e. The lowest BCUT2D eigenvalue weighted by atomic mass is 10.1. The van der Waals surface area contributed by atoms with Crippen LogP contribution < -0.4 is 10.6 Å². The van der Waals surface area contributed by atoms with Crippen molar-refractivity contribution in [3.63, 3.8) is 0 Å². The highest BCUT2D eigenvalue weighted by atomic mass is 16.2. The summed E-state index contributed by atoms with van der Waals surface area (Å²) in [5.41, 5.74) is 1.72. The Hall–Kier alpha value is -1.84. The van der Waals surface area contributed by atoms with Gasteiger partial charge in [0.1, 0.15) is 0 Å². The van der Waals surface area contributed by atoms with Crippen molar-refractivity contribution in [2.75, 3.05) is 5.32 Å². The zero-order chi connectivity index (χ0) is 13.5. The third-order valence-electron chi connectivity index (χ3n) is 2.56. The monoisotopic (exact) mass is 248 g/mol. The van der Waals surface area contributed by atoms with Gasteiger partial charge in [0.15, 0.2) is 0 Å². The minimum atomic E-state index is -0.102. The molecule has 0 spiro atoms. The Bertz CT molecular complexity index is 430. The first-order valence-corrected chi connectivity index (χ1v) is 6.19. The molecule has 0 aromatic heterocycles. The van der Waals surface area contributed by atoms with E-state index < -0.39 is 0 Å². The van der Waals surface area contributed by atoms with E-state index >= 15 is 0 Å². The van der Waals surface area contributed by atoms with Gasteiger partial charge in [0.25, 0.3) is 0 Å². The molecule has 2 N–H and O–H groups in total. The molecule has 0 radical (unpaired) electrons. The smallest absolute Gasteiger partial charge is 0.221 e. The van der Waals surface area contributed by atoms with Crippen LogP contribution in [0.15, 0.2) is 24.3 Å². The van der Waals surface area contributed by atoms with Gasteiger partial charge in [0.05, 0.1) is 6.04 Å². The van der Waals surface area contributed by atoms with Crippen molar-refractivity contribution in [2.24, 2.45) is 0 Å². The summed E-state index contributed by atoms with van der Waals surface area (Å²) in [6.07, 6.45) is 1.38. The maximum atomic E-state index is 11.5. The molecule has 0 aliphatic heterocycles. The number of amides is 2. The number of rotatable bonds is 5. The zero-order valence-electron chi connectivity index (χ0n) is 11.1. The molecule has 1 atom stereocenters. The Balaban J connectivity index is 2.70. The Labute approximate surface area is 108 Å². The van der Waals surface area contributed by atoms with Crippen molar-refractivity contribution in [1.82, 2.24) is 5.32 Å². The van der Waals surface area contributed by atoms with Crippen LogP contribution in [-0.4, -0.2) is 11.8 Å². The number of hydrogen-bond donors (Lipinski definition) is 2. The molecule has 0 bridgehead atoms. The summed E-state index contributed by atoms with van der Waals surface area (Å²) in [5, 5.41) is 5.65. The maximum absolute atomic E-state index is 11.5. The van der Waals surface area contributed by atoms with Crippen molar-refractivity contribution in [2.45, 2.75) is 39.7 Å². The van der Waals surface area contributed by atoms with Gasteiger partial charge in [0.2, 0.25) is 11.8 Å². The first-order chi connectivity index (χ1) is 8.52. The molecule has 0 saturated carbocycles. The highest BCUT2D eigenvalue weighted by Crippen LogP contribution is 2.17. The third kappa shape index (κ3) is 4.57. The summed E-state index contributed by atoms with van der Waals surface area (Å²) in [6, 6.07) is 7.44.